The van der Waals surface area contributed by atoms with Gasteiger partial charge in [0.2, 0.25) is 0 Å². The Hall–Kier alpha value is -3.02. The van der Waals surface area contributed by atoms with Gasteiger partial charge in [0.1, 0.15) is 17.3 Å². The molecule has 0 saturated carbocycles. The first-order valence-corrected chi connectivity index (χ1v) is 35.0. The topological polar surface area (TPSA) is 112 Å². The zero-order valence-electron chi connectivity index (χ0n) is 58.6. The number of carbonyl (C=O) groups is 2. The molecule has 0 aromatic carbocycles. The lowest BCUT2D eigenvalue weighted by atomic mass is 10.0. The molecule has 0 spiro atoms. The fourth-order valence-electron chi connectivity index (χ4n) is 8.28. The fourth-order valence-corrected chi connectivity index (χ4v) is 8.28. The van der Waals surface area contributed by atoms with Gasteiger partial charge < -0.3 is 29.2 Å². The van der Waals surface area contributed by atoms with Gasteiger partial charge in [-0.2, -0.15) is 0 Å². The molecule has 3 unspecified atom stereocenters. The smallest absolute Gasteiger partial charge is 0.303 e. The molecule has 0 radical (unpaired) electrons. The van der Waals surface area contributed by atoms with E-state index in [1.165, 1.54) is 186 Å². The summed E-state index contributed by atoms with van der Waals surface area (Å²) in [7, 11) is 1.00. The predicted octanol–water partition coefficient (Wildman–Crippen LogP) is 24.2. The molecule has 8 nitrogen and oxygen atoms in total. The van der Waals surface area contributed by atoms with E-state index in [0.717, 1.165) is 95.5 Å². The summed E-state index contributed by atoms with van der Waals surface area (Å²) in [4.78, 5) is 21.4. The van der Waals surface area contributed by atoms with Crippen molar-refractivity contribution in [3.8, 4) is 0 Å². The van der Waals surface area contributed by atoms with Gasteiger partial charge in [0.25, 0.3) is 0 Å². The molecule has 0 heterocycles. The van der Waals surface area contributed by atoms with E-state index in [4.69, 9.17) is 29.2 Å². The molecule has 0 bridgehead atoms. The Morgan fingerprint density at radius 2 is 0.928 bits per heavy atom. The molecule has 0 aliphatic heterocycles. The second-order valence-corrected chi connectivity index (χ2v) is 22.4. The molecule has 0 saturated heterocycles. The maximum atomic E-state index is 10.9. The van der Waals surface area contributed by atoms with E-state index >= 15 is 0 Å². The van der Waals surface area contributed by atoms with Crippen LogP contribution in [0.2, 0.25) is 0 Å². The Morgan fingerprint density at radius 1 is 0.494 bits per heavy atom. The highest BCUT2D eigenvalue weighted by Crippen LogP contribution is 2.21. The highest BCUT2D eigenvalue weighted by atomic mass is 16.5. The van der Waals surface area contributed by atoms with Crippen molar-refractivity contribution in [2.24, 2.45) is 23.7 Å². The van der Waals surface area contributed by atoms with Crippen molar-refractivity contribution in [1.82, 2.24) is 0 Å². The Bertz CT molecular complexity index is 1360. The number of hydrogen-bond acceptors (Lipinski definition) is 7. The van der Waals surface area contributed by atoms with Crippen LogP contribution in [-0.2, 0) is 28.5 Å². The number of ether oxygens (including phenoxy) is 4. The predicted molar refractivity (Wildman–Crippen MR) is 368 cm³/mol. The summed E-state index contributed by atoms with van der Waals surface area (Å²) in [5.41, 5.74) is 5.98. The van der Waals surface area contributed by atoms with Crippen LogP contribution < -0.4 is 0 Å². The number of carbonyl (C=O) groups excluding carboxylic acids is 1. The minimum absolute atomic E-state index is 0.122. The van der Waals surface area contributed by atoms with E-state index in [1.54, 1.807) is 12.3 Å². The van der Waals surface area contributed by atoms with Crippen molar-refractivity contribution in [1.29, 1.82) is 0 Å². The molecule has 0 amide bonds. The van der Waals surface area contributed by atoms with Crippen molar-refractivity contribution in [2.75, 3.05) is 40.1 Å². The summed E-state index contributed by atoms with van der Waals surface area (Å²) in [5, 5.41) is 15.7. The SMILES string of the molecule is C=C=C(CCCCCCCC)OCC(CC)CC(=C=C)OC[C@@H](C)CCCC.C=CCOCCCCCCCCC.CC.CCCCCC(C)CC.CCCCCC/C=C/OCC(CC)CC(=O)O.CCCCCCCCC(=O)CC.CO. The zero-order valence-corrected chi connectivity index (χ0v) is 58.6. The van der Waals surface area contributed by atoms with Gasteiger partial charge in [-0.05, 0) is 69.3 Å². The summed E-state index contributed by atoms with van der Waals surface area (Å²) in [6.45, 7) is 45.2. The Morgan fingerprint density at radius 3 is 1.39 bits per heavy atom. The highest BCUT2D eigenvalue weighted by molar-refractivity contribution is 5.77. The third-order valence-electron chi connectivity index (χ3n) is 14.4. The lowest BCUT2D eigenvalue weighted by molar-refractivity contribution is -0.138. The van der Waals surface area contributed by atoms with E-state index < -0.39 is 5.97 Å². The Labute approximate surface area is 520 Å². The molecule has 2 N–H and O–H groups in total. The number of Topliss-reactive ketones (excluding diaryl/α,β-unsaturated/α-hetero) is 1. The molecule has 0 rings (SSSR count). The molecule has 496 valence electrons. The Balaban J connectivity index is -0.000000181. The van der Waals surface area contributed by atoms with E-state index in [9.17, 15) is 9.59 Å². The molecular weight excluding hydrogens is 1030 g/mol. The second-order valence-electron chi connectivity index (χ2n) is 22.4. The summed E-state index contributed by atoms with van der Waals surface area (Å²) < 4.78 is 22.6. The summed E-state index contributed by atoms with van der Waals surface area (Å²) in [6.07, 6.45) is 52.6. The van der Waals surface area contributed by atoms with E-state index in [0.29, 0.717) is 37.4 Å². The van der Waals surface area contributed by atoms with Crippen LogP contribution in [0, 0.1) is 23.7 Å². The fraction of sp³-hybridized carbons (Fsp3) is 0.840. The van der Waals surface area contributed by atoms with Gasteiger partial charge in [-0.15, -0.1) is 6.58 Å². The van der Waals surface area contributed by atoms with Crippen molar-refractivity contribution < 1.29 is 38.7 Å². The number of unbranched alkanes of at least 4 members (excludes halogenated alkanes) is 23. The molecule has 0 aliphatic rings. The van der Waals surface area contributed by atoms with Crippen LogP contribution in [-0.4, -0.2) is 62.1 Å². The number of aliphatic hydroxyl groups is 1. The minimum atomic E-state index is -0.746. The number of ketones is 1. The number of hydrogen-bond donors (Lipinski definition) is 2. The van der Waals surface area contributed by atoms with Crippen molar-refractivity contribution >= 4 is 11.8 Å². The van der Waals surface area contributed by atoms with Crippen molar-refractivity contribution in [2.45, 2.75) is 347 Å². The van der Waals surface area contributed by atoms with Gasteiger partial charge in [-0.25, -0.2) is 0 Å². The number of allylic oxidation sites excluding steroid dienone is 3. The Kier molecular flexibility index (Phi) is 99.0. The van der Waals surface area contributed by atoms with Crippen LogP contribution in [0.1, 0.15) is 347 Å². The van der Waals surface area contributed by atoms with Crippen LogP contribution in [0.4, 0.5) is 0 Å². The van der Waals surface area contributed by atoms with Crippen LogP contribution in [0.15, 0.2) is 61.1 Å². The first kappa shape index (κ1) is 93.7. The zero-order chi connectivity index (χ0) is 64.1. The van der Waals surface area contributed by atoms with Crippen LogP contribution >= 0.6 is 0 Å². The summed E-state index contributed by atoms with van der Waals surface area (Å²) in [5.74, 6) is 3.52. The average Bonchev–Trinajstić information content (AvgIpc) is 3.51. The van der Waals surface area contributed by atoms with Crippen LogP contribution in [0.25, 0.3) is 0 Å². The second kappa shape index (κ2) is 87.8. The first-order valence-electron chi connectivity index (χ1n) is 35.0. The third-order valence-corrected chi connectivity index (χ3v) is 14.4. The molecular formula is C75H148O8. The molecule has 0 aliphatic carbocycles. The molecule has 0 aromatic heterocycles. The lowest BCUT2D eigenvalue weighted by Gasteiger charge is -2.19. The molecule has 0 aromatic rings. The molecule has 83 heavy (non-hydrogen) atoms. The number of aliphatic hydroxyl groups excluding tert-OH is 1. The first-order chi connectivity index (χ1) is 40.3. The van der Waals surface area contributed by atoms with Crippen LogP contribution in [0.3, 0.4) is 0 Å². The standard InChI is InChI=1S/C26H46O2.C14H26O3.C12H24O.C11H22O.C9H20.C2H6.CH4O/c1-7-12-14-15-16-17-19-25(10-4)28-22-24(9-3)20-26(11-5)27-21-23(6)18-13-8-2;1-3-5-6-7-8-9-10-17-12-13(4-2)11-14(15)16;1-3-5-6-7-8-9-10-12-13-11-4-2;1-3-5-6-7-8-9-10-11(12)4-2;1-4-6-7-8-9(3)5-2;2*1-2/h23-24H,4-5,7-9,12-22H2,1-3,6H3;9-10,13H,3-8,11-12H2,1-2H3,(H,15,16);4H,2-3,5-12H2,1H3;3-10H2,1-2H3;9H,4-8H2,1-3H3;1-2H3;2H,1H3/b;10-9+;;;;;/t23-,24?;;;;;;/m0....../s1. The van der Waals surface area contributed by atoms with Crippen molar-refractivity contribution in [3.05, 3.63) is 61.1 Å². The van der Waals surface area contributed by atoms with Crippen molar-refractivity contribution in [3.63, 3.8) is 0 Å². The van der Waals surface area contributed by atoms with Gasteiger partial charge in [0.05, 0.1) is 39.1 Å². The largest absolute Gasteiger partial charge is 0.501 e. The monoisotopic (exact) mass is 1180 g/mol. The lowest BCUT2D eigenvalue weighted by Crippen LogP contribution is -2.12. The summed E-state index contributed by atoms with van der Waals surface area (Å²) >= 11 is 0. The van der Waals surface area contributed by atoms with E-state index in [2.05, 4.69) is 100 Å². The maximum Gasteiger partial charge on any atom is 0.303 e. The minimum Gasteiger partial charge on any atom is -0.501 e. The van der Waals surface area contributed by atoms with Gasteiger partial charge in [0, 0.05) is 51.2 Å². The van der Waals surface area contributed by atoms with Gasteiger partial charge >= 0.3 is 5.97 Å². The van der Waals surface area contributed by atoms with E-state index in [-0.39, 0.29) is 12.3 Å². The molecule has 8 heteroatoms. The number of aliphatic carboxylic acids is 1. The number of carboxylic acids is 1. The summed E-state index contributed by atoms with van der Waals surface area (Å²) in [6, 6.07) is 0. The number of carboxylic acid groups (broad SMARTS) is 1. The quantitative estimate of drug-likeness (QED) is 0.0268. The normalized spacial score (nSPS) is 11.6. The van der Waals surface area contributed by atoms with Gasteiger partial charge in [-0.1, -0.05) is 295 Å². The van der Waals surface area contributed by atoms with E-state index in [1.807, 2.05) is 33.8 Å². The third kappa shape index (κ3) is 90.3. The average molecular weight is 1180 g/mol. The van der Waals surface area contributed by atoms with Gasteiger partial charge in [-0.3, -0.25) is 9.59 Å². The van der Waals surface area contributed by atoms with Crippen LogP contribution in [0.5, 0.6) is 0 Å². The highest BCUT2D eigenvalue weighted by Gasteiger charge is 2.14. The van der Waals surface area contributed by atoms with Gasteiger partial charge in [0.15, 0.2) is 0 Å². The molecule has 4 atom stereocenters. The maximum absolute atomic E-state index is 10.9. The molecule has 0 fully saturated rings. The number of rotatable bonds is 53.